The Labute approximate surface area is 122 Å². The lowest BCUT2D eigenvalue weighted by atomic mass is 10.0. The second-order valence-corrected chi connectivity index (χ2v) is 6.80. The van der Waals surface area contributed by atoms with Crippen LogP contribution in [0.3, 0.4) is 0 Å². The van der Waals surface area contributed by atoms with Gasteiger partial charge in [0.15, 0.2) is 0 Å². The number of methoxy groups -OCH3 is 1. The first-order valence-electron chi connectivity index (χ1n) is 6.70. The fourth-order valence-corrected chi connectivity index (χ4v) is 4.85. The second-order valence-electron chi connectivity index (χ2n) is 5.48. The topological polar surface area (TPSA) is 9.23 Å². The summed E-state index contributed by atoms with van der Waals surface area (Å²) in [4.78, 5) is 0. The minimum absolute atomic E-state index is 0.151. The molecule has 0 radical (unpaired) electrons. The molecule has 0 spiro atoms. The summed E-state index contributed by atoms with van der Waals surface area (Å²) in [6.45, 7) is 0. The van der Waals surface area contributed by atoms with Crippen molar-refractivity contribution in [3.8, 4) is 5.75 Å². The molecule has 1 aromatic carbocycles. The molecule has 2 saturated carbocycles. The first-order valence-corrected chi connectivity index (χ1v) is 7.93. The van der Waals surface area contributed by atoms with Crippen LogP contribution in [0.4, 0.5) is 0 Å². The summed E-state index contributed by atoms with van der Waals surface area (Å²) < 4.78 is 6.30. The molecular formula is C15H18BrClO. The van der Waals surface area contributed by atoms with Crippen LogP contribution in [0.2, 0.25) is 0 Å². The molecule has 2 aliphatic carbocycles. The van der Waals surface area contributed by atoms with E-state index in [-0.39, 0.29) is 5.38 Å². The van der Waals surface area contributed by atoms with Crippen LogP contribution < -0.4 is 4.74 Å². The van der Waals surface area contributed by atoms with Gasteiger partial charge in [-0.15, -0.1) is 11.6 Å². The van der Waals surface area contributed by atoms with Crippen LogP contribution in [-0.2, 0) is 0 Å². The van der Waals surface area contributed by atoms with Crippen molar-refractivity contribution in [2.45, 2.75) is 31.1 Å². The molecule has 18 heavy (non-hydrogen) atoms. The van der Waals surface area contributed by atoms with E-state index in [1.165, 1.54) is 31.2 Å². The van der Waals surface area contributed by atoms with Crippen molar-refractivity contribution >= 4 is 27.5 Å². The highest BCUT2D eigenvalue weighted by atomic mass is 79.9. The van der Waals surface area contributed by atoms with Crippen molar-refractivity contribution in [1.82, 2.24) is 0 Å². The van der Waals surface area contributed by atoms with E-state index in [0.29, 0.717) is 5.92 Å². The van der Waals surface area contributed by atoms with Crippen LogP contribution in [0.5, 0.6) is 5.75 Å². The summed E-state index contributed by atoms with van der Waals surface area (Å²) in [6, 6.07) is 6.11. The fraction of sp³-hybridized carbons (Fsp3) is 0.600. The Bertz CT molecular complexity index is 436. The second kappa shape index (κ2) is 5.05. The molecule has 0 heterocycles. The average molecular weight is 330 g/mol. The highest BCUT2D eigenvalue weighted by Gasteiger charge is 2.54. The molecule has 1 nitrogen and oxygen atoms in total. The molecule has 0 N–H and O–H groups in total. The maximum Gasteiger partial charge on any atom is 0.120 e. The predicted octanol–water partition coefficient (Wildman–Crippen LogP) is 5.17. The van der Waals surface area contributed by atoms with E-state index < -0.39 is 0 Å². The van der Waals surface area contributed by atoms with Gasteiger partial charge in [-0.05, 0) is 48.3 Å². The monoisotopic (exact) mass is 328 g/mol. The fourth-order valence-electron chi connectivity index (χ4n) is 3.55. The van der Waals surface area contributed by atoms with Gasteiger partial charge in [-0.3, -0.25) is 0 Å². The lowest BCUT2D eigenvalue weighted by molar-refractivity contribution is 0.414. The molecule has 0 aliphatic heterocycles. The minimum Gasteiger partial charge on any atom is -0.497 e. The lowest BCUT2D eigenvalue weighted by Crippen LogP contribution is -1.97. The van der Waals surface area contributed by atoms with Crippen LogP contribution in [-0.4, -0.2) is 7.11 Å². The zero-order chi connectivity index (χ0) is 12.7. The molecule has 3 heteroatoms. The predicted molar refractivity (Wildman–Crippen MR) is 78.2 cm³/mol. The van der Waals surface area contributed by atoms with Crippen LogP contribution in [0.1, 0.15) is 36.6 Å². The van der Waals surface area contributed by atoms with E-state index in [2.05, 4.69) is 22.0 Å². The maximum atomic E-state index is 6.71. The third kappa shape index (κ3) is 2.18. The number of hydrogen-bond donors (Lipinski definition) is 0. The molecular weight excluding hydrogens is 312 g/mol. The normalized spacial score (nSPS) is 31.6. The third-order valence-corrected chi connectivity index (χ3v) is 5.78. The molecule has 2 aliphatic rings. The van der Waals surface area contributed by atoms with Gasteiger partial charge in [-0.2, -0.15) is 0 Å². The zero-order valence-electron chi connectivity index (χ0n) is 10.5. The quantitative estimate of drug-likeness (QED) is 0.695. The van der Waals surface area contributed by atoms with E-state index in [1.54, 1.807) is 7.11 Å². The van der Waals surface area contributed by atoms with Gasteiger partial charge in [0.2, 0.25) is 0 Å². The van der Waals surface area contributed by atoms with Crippen LogP contribution >= 0.6 is 27.5 Å². The number of benzene rings is 1. The van der Waals surface area contributed by atoms with Gasteiger partial charge in [-0.1, -0.05) is 34.8 Å². The zero-order valence-corrected chi connectivity index (χ0v) is 12.9. The van der Waals surface area contributed by atoms with Gasteiger partial charge in [0.25, 0.3) is 0 Å². The van der Waals surface area contributed by atoms with Crippen LogP contribution in [0.25, 0.3) is 0 Å². The van der Waals surface area contributed by atoms with Crippen LogP contribution in [0, 0.1) is 17.8 Å². The summed E-state index contributed by atoms with van der Waals surface area (Å²) in [5, 5.41) is 0.151. The van der Waals surface area contributed by atoms with Crippen molar-refractivity contribution in [2.75, 3.05) is 7.11 Å². The van der Waals surface area contributed by atoms with Crippen molar-refractivity contribution in [3.63, 3.8) is 0 Å². The highest BCUT2D eigenvalue weighted by Crippen LogP contribution is 2.62. The minimum atomic E-state index is 0.151. The molecule has 3 rings (SSSR count). The van der Waals surface area contributed by atoms with Crippen molar-refractivity contribution in [1.29, 1.82) is 0 Å². The molecule has 0 saturated heterocycles. The summed E-state index contributed by atoms with van der Waals surface area (Å²) in [5.74, 6) is 3.34. The Morgan fingerprint density at radius 3 is 2.50 bits per heavy atom. The number of halogens is 2. The average Bonchev–Trinajstić information content (AvgIpc) is 3.12. The Morgan fingerprint density at radius 1 is 1.28 bits per heavy atom. The molecule has 0 amide bonds. The third-order valence-electron chi connectivity index (χ3n) is 4.57. The maximum absolute atomic E-state index is 6.71. The van der Waals surface area contributed by atoms with Gasteiger partial charge in [0.05, 0.1) is 12.5 Å². The van der Waals surface area contributed by atoms with E-state index in [4.69, 9.17) is 16.3 Å². The Balaban J connectivity index is 1.78. The van der Waals surface area contributed by atoms with Crippen molar-refractivity contribution < 1.29 is 4.74 Å². The molecule has 0 aromatic heterocycles. The summed E-state index contributed by atoms with van der Waals surface area (Å²) in [5.41, 5.74) is 1.22. The molecule has 98 valence electrons. The first kappa shape index (κ1) is 12.8. The smallest absolute Gasteiger partial charge is 0.120 e. The van der Waals surface area contributed by atoms with E-state index in [1.807, 2.05) is 12.1 Å². The summed E-state index contributed by atoms with van der Waals surface area (Å²) in [7, 11) is 1.69. The molecule has 1 aromatic rings. The number of hydrogen-bond acceptors (Lipinski definition) is 1. The van der Waals surface area contributed by atoms with E-state index in [9.17, 15) is 0 Å². The van der Waals surface area contributed by atoms with E-state index >= 15 is 0 Å². The number of fused-ring (bicyclic) bond motifs is 1. The largest absolute Gasteiger partial charge is 0.497 e. The van der Waals surface area contributed by atoms with Crippen molar-refractivity contribution in [3.05, 3.63) is 28.2 Å². The Kier molecular flexibility index (Phi) is 3.59. The van der Waals surface area contributed by atoms with Crippen molar-refractivity contribution in [2.24, 2.45) is 17.8 Å². The Morgan fingerprint density at radius 2 is 1.94 bits per heavy atom. The van der Waals surface area contributed by atoms with Gasteiger partial charge in [-0.25, -0.2) is 0 Å². The molecule has 3 atom stereocenters. The summed E-state index contributed by atoms with van der Waals surface area (Å²) in [6.07, 6.45) is 5.55. The number of alkyl halides is 1. The van der Waals surface area contributed by atoms with Gasteiger partial charge < -0.3 is 4.74 Å². The van der Waals surface area contributed by atoms with Gasteiger partial charge in [0, 0.05) is 4.47 Å². The number of ether oxygens (including phenoxy) is 1. The standard InChI is InChI=1S/C15H18BrClO/c1-18-9-6-7-12(13(16)8-9)15(17)14-10-4-2-3-5-11(10)14/h6-8,10-11,14-15H,2-5H2,1H3. The van der Waals surface area contributed by atoms with Gasteiger partial charge >= 0.3 is 0 Å². The first-order chi connectivity index (χ1) is 8.72. The highest BCUT2D eigenvalue weighted by molar-refractivity contribution is 9.10. The van der Waals surface area contributed by atoms with Gasteiger partial charge in [0.1, 0.15) is 5.75 Å². The SMILES string of the molecule is COc1ccc(C(Cl)C2C3CCCCC32)c(Br)c1. The Hall–Kier alpha value is -0.210. The summed E-state index contributed by atoms with van der Waals surface area (Å²) >= 11 is 10.3. The van der Waals surface area contributed by atoms with E-state index in [0.717, 1.165) is 22.1 Å². The molecule has 2 fully saturated rings. The molecule has 3 unspecified atom stereocenters. The number of rotatable bonds is 3. The van der Waals surface area contributed by atoms with Crippen LogP contribution in [0.15, 0.2) is 22.7 Å². The molecule has 0 bridgehead atoms. The lowest BCUT2D eigenvalue weighted by Gasteiger charge is -2.13.